The molecule has 0 fully saturated rings. The number of nitrogens with one attached hydrogen (secondary N) is 1. The molecule has 2 heterocycles. The predicted molar refractivity (Wildman–Crippen MR) is 89.7 cm³/mol. The van der Waals surface area contributed by atoms with Crippen molar-refractivity contribution in [2.24, 2.45) is 0 Å². The van der Waals surface area contributed by atoms with Crippen LogP contribution in [-0.2, 0) is 18.4 Å². The minimum absolute atomic E-state index is 0.385. The Hall–Kier alpha value is -1.88. The maximum atomic E-state index is 10.8. The Kier molecular flexibility index (Phi) is 4.15. The van der Waals surface area contributed by atoms with E-state index in [-0.39, 0.29) is 0 Å². The topological polar surface area (TPSA) is 71.2 Å². The van der Waals surface area contributed by atoms with Crippen molar-refractivity contribution in [1.82, 2.24) is 9.97 Å². The summed E-state index contributed by atoms with van der Waals surface area (Å²) in [5, 5.41) is 14.2. The first kappa shape index (κ1) is 16.0. The van der Waals surface area contributed by atoms with Crippen LogP contribution in [0.1, 0.15) is 53.9 Å². The predicted octanol–water partition coefficient (Wildman–Crippen LogP) is 3.19. The van der Waals surface area contributed by atoms with E-state index < -0.39 is 5.60 Å². The molecule has 1 aliphatic rings. The summed E-state index contributed by atoms with van der Waals surface area (Å²) in [5.41, 5.74) is 2.17. The zero-order valence-electron chi connectivity index (χ0n) is 14.4. The molecular weight excluding hydrogens is 290 g/mol. The number of aliphatic hydroxyl groups is 1. The molecule has 0 aromatic carbocycles. The van der Waals surface area contributed by atoms with Gasteiger partial charge in [0.1, 0.15) is 28.8 Å². The first-order chi connectivity index (χ1) is 10.9. The van der Waals surface area contributed by atoms with Gasteiger partial charge in [0.25, 0.3) is 0 Å². The molecule has 0 bridgehead atoms. The number of anilines is 1. The average Bonchev–Trinajstić information content (AvgIpc) is 2.84. The van der Waals surface area contributed by atoms with Crippen LogP contribution in [0.15, 0.2) is 10.5 Å². The van der Waals surface area contributed by atoms with Gasteiger partial charge in [-0.2, -0.15) is 0 Å². The lowest BCUT2D eigenvalue weighted by Crippen LogP contribution is -2.32. The number of rotatable bonds is 4. The van der Waals surface area contributed by atoms with E-state index in [2.05, 4.69) is 15.3 Å². The number of hydrogen-bond acceptors (Lipinski definition) is 5. The summed E-state index contributed by atoms with van der Waals surface area (Å²) in [7, 11) is 0. The summed E-state index contributed by atoms with van der Waals surface area (Å²) >= 11 is 0. The van der Waals surface area contributed by atoms with Gasteiger partial charge in [-0.3, -0.25) is 0 Å². The fraction of sp³-hybridized carbons (Fsp3) is 0.556. The zero-order valence-corrected chi connectivity index (χ0v) is 14.4. The normalized spacial score (nSPS) is 16.7. The van der Waals surface area contributed by atoms with E-state index in [0.29, 0.717) is 6.54 Å². The lowest BCUT2D eigenvalue weighted by molar-refractivity contribution is 0.0698. The second-order valence-corrected chi connectivity index (χ2v) is 6.71. The molecule has 0 spiro atoms. The second kappa shape index (κ2) is 5.96. The molecule has 5 nitrogen and oxygen atoms in total. The Morgan fingerprint density at radius 3 is 2.65 bits per heavy atom. The van der Waals surface area contributed by atoms with Crippen LogP contribution in [0.4, 0.5) is 5.82 Å². The molecule has 0 saturated carbocycles. The van der Waals surface area contributed by atoms with Crippen molar-refractivity contribution in [3.8, 4) is 0 Å². The monoisotopic (exact) mass is 315 g/mol. The van der Waals surface area contributed by atoms with Crippen molar-refractivity contribution in [1.29, 1.82) is 0 Å². The lowest BCUT2D eigenvalue weighted by Gasteiger charge is -2.25. The highest BCUT2D eigenvalue weighted by Gasteiger charge is 2.28. The molecule has 1 atom stereocenters. The van der Waals surface area contributed by atoms with Crippen LogP contribution >= 0.6 is 0 Å². The van der Waals surface area contributed by atoms with Crippen LogP contribution in [0, 0.1) is 20.8 Å². The molecule has 0 saturated heterocycles. The van der Waals surface area contributed by atoms with Gasteiger partial charge < -0.3 is 14.8 Å². The minimum Gasteiger partial charge on any atom is -0.466 e. The van der Waals surface area contributed by atoms with E-state index in [1.165, 1.54) is 18.4 Å². The third kappa shape index (κ3) is 3.24. The van der Waals surface area contributed by atoms with Crippen molar-refractivity contribution in [2.75, 3.05) is 11.9 Å². The average molecular weight is 315 g/mol. The Bertz CT molecular complexity index is 719. The molecule has 0 amide bonds. The van der Waals surface area contributed by atoms with Crippen molar-refractivity contribution < 1.29 is 9.52 Å². The Balaban J connectivity index is 1.83. The van der Waals surface area contributed by atoms with Crippen LogP contribution in [0.2, 0.25) is 0 Å². The highest BCUT2D eigenvalue weighted by atomic mass is 16.3. The smallest absolute Gasteiger partial charge is 0.133 e. The number of fused-ring (bicyclic) bond motifs is 1. The number of hydrogen-bond donors (Lipinski definition) is 2. The third-order valence-electron chi connectivity index (χ3n) is 4.52. The summed E-state index contributed by atoms with van der Waals surface area (Å²) in [5.74, 6) is 3.22. The zero-order chi connectivity index (χ0) is 16.6. The van der Waals surface area contributed by atoms with Crippen molar-refractivity contribution >= 4 is 5.82 Å². The first-order valence-electron chi connectivity index (χ1n) is 8.27. The van der Waals surface area contributed by atoms with Crippen molar-refractivity contribution in [2.45, 2.75) is 59.0 Å². The lowest BCUT2D eigenvalue weighted by atomic mass is 9.94. The molecule has 0 aliphatic heterocycles. The van der Waals surface area contributed by atoms with Crippen LogP contribution in [0.3, 0.4) is 0 Å². The van der Waals surface area contributed by atoms with Gasteiger partial charge in [0.2, 0.25) is 0 Å². The molecule has 1 aliphatic carbocycles. The molecule has 0 radical (unpaired) electrons. The summed E-state index contributed by atoms with van der Waals surface area (Å²) in [6.07, 6.45) is 4.38. The van der Waals surface area contributed by atoms with Gasteiger partial charge in [-0.1, -0.05) is 0 Å². The molecule has 5 heteroatoms. The Morgan fingerprint density at radius 1 is 1.22 bits per heavy atom. The summed E-state index contributed by atoms with van der Waals surface area (Å²) in [4.78, 5) is 9.12. The number of aromatic nitrogens is 2. The van der Waals surface area contributed by atoms with Gasteiger partial charge >= 0.3 is 0 Å². The summed E-state index contributed by atoms with van der Waals surface area (Å²) in [6, 6.07) is 1.90. The van der Waals surface area contributed by atoms with E-state index in [1.807, 2.05) is 26.8 Å². The fourth-order valence-corrected chi connectivity index (χ4v) is 3.38. The maximum Gasteiger partial charge on any atom is 0.133 e. The number of nitrogens with zero attached hydrogens (tertiary/aromatic N) is 2. The number of aryl methyl sites for hydroxylation is 4. The molecule has 2 N–H and O–H groups in total. The minimum atomic E-state index is -1.01. The second-order valence-electron chi connectivity index (χ2n) is 6.71. The highest BCUT2D eigenvalue weighted by Crippen LogP contribution is 2.29. The maximum absolute atomic E-state index is 10.8. The van der Waals surface area contributed by atoms with E-state index in [4.69, 9.17) is 4.42 Å². The molecule has 1 unspecified atom stereocenters. The largest absolute Gasteiger partial charge is 0.466 e. The molecular formula is C18H25N3O2. The van der Waals surface area contributed by atoms with Gasteiger partial charge in [-0.05, 0) is 59.4 Å². The van der Waals surface area contributed by atoms with Crippen LogP contribution in [0.25, 0.3) is 0 Å². The SMILES string of the molecule is Cc1nc2c(c(NCC(C)(O)c3cc(C)oc3C)n1)CCCC2. The summed E-state index contributed by atoms with van der Waals surface area (Å²) in [6.45, 7) is 7.88. The van der Waals surface area contributed by atoms with Crippen LogP contribution in [0.5, 0.6) is 0 Å². The van der Waals surface area contributed by atoms with Gasteiger partial charge in [0, 0.05) is 23.4 Å². The van der Waals surface area contributed by atoms with Gasteiger partial charge in [0.15, 0.2) is 0 Å². The van der Waals surface area contributed by atoms with Gasteiger partial charge in [-0.15, -0.1) is 0 Å². The molecule has 2 aromatic rings. The molecule has 2 aromatic heterocycles. The quantitative estimate of drug-likeness (QED) is 0.906. The number of furan rings is 1. The molecule has 23 heavy (non-hydrogen) atoms. The molecule has 3 rings (SSSR count). The van der Waals surface area contributed by atoms with E-state index in [9.17, 15) is 5.11 Å². The Morgan fingerprint density at radius 2 is 1.96 bits per heavy atom. The van der Waals surface area contributed by atoms with Crippen LogP contribution < -0.4 is 5.32 Å². The van der Waals surface area contributed by atoms with Crippen LogP contribution in [-0.4, -0.2) is 21.6 Å². The first-order valence-corrected chi connectivity index (χ1v) is 8.27. The standard InChI is InChI=1S/C18H25N3O2/c1-11-9-15(12(2)23-11)18(4,22)10-19-17-14-7-5-6-8-16(14)20-13(3)21-17/h9,22H,5-8,10H2,1-4H3,(H,19,20,21). The van der Waals surface area contributed by atoms with E-state index in [1.54, 1.807) is 6.92 Å². The van der Waals surface area contributed by atoms with Crippen molar-refractivity contribution in [3.63, 3.8) is 0 Å². The highest BCUT2D eigenvalue weighted by molar-refractivity contribution is 5.48. The van der Waals surface area contributed by atoms with E-state index >= 15 is 0 Å². The third-order valence-corrected chi connectivity index (χ3v) is 4.52. The fourth-order valence-electron chi connectivity index (χ4n) is 3.38. The van der Waals surface area contributed by atoms with Gasteiger partial charge in [-0.25, -0.2) is 9.97 Å². The Labute approximate surface area is 137 Å². The van der Waals surface area contributed by atoms with Crippen molar-refractivity contribution in [3.05, 3.63) is 40.2 Å². The summed E-state index contributed by atoms with van der Waals surface area (Å²) < 4.78 is 5.55. The van der Waals surface area contributed by atoms with E-state index in [0.717, 1.165) is 47.3 Å². The molecule has 124 valence electrons. The van der Waals surface area contributed by atoms with Gasteiger partial charge in [0.05, 0.1) is 0 Å².